The fourth-order valence-electron chi connectivity index (χ4n) is 2.13. The summed E-state index contributed by atoms with van der Waals surface area (Å²) in [6.45, 7) is 0.564. The molecular weight excluding hydrogens is 297 g/mol. The molecule has 1 saturated carbocycles. The molecule has 1 aliphatic rings. The van der Waals surface area contributed by atoms with Crippen LogP contribution >= 0.6 is 0 Å². The summed E-state index contributed by atoms with van der Waals surface area (Å²) in [4.78, 5) is 23.9. The van der Waals surface area contributed by atoms with Gasteiger partial charge in [0.1, 0.15) is 0 Å². The summed E-state index contributed by atoms with van der Waals surface area (Å²) >= 11 is 0. The lowest BCUT2D eigenvalue weighted by Gasteiger charge is -2.10. The average molecular weight is 317 g/mol. The zero-order valence-corrected chi connectivity index (χ0v) is 12.8. The van der Waals surface area contributed by atoms with E-state index in [4.69, 9.17) is 11.5 Å². The van der Waals surface area contributed by atoms with Crippen LogP contribution in [0.25, 0.3) is 0 Å². The molecule has 1 aromatic carbocycles. The van der Waals surface area contributed by atoms with Gasteiger partial charge < -0.3 is 16.8 Å². The highest BCUT2D eigenvalue weighted by Crippen LogP contribution is 2.43. The largest absolute Gasteiger partial charge is 0.330 e. The number of halogens is 1. The van der Waals surface area contributed by atoms with Gasteiger partial charge in [-0.3, -0.25) is 9.59 Å². The molecule has 5 nitrogen and oxygen atoms in total. The lowest BCUT2D eigenvalue weighted by molar-refractivity contribution is -0.116. The molecule has 1 amide bonds. The lowest BCUT2D eigenvalue weighted by Crippen LogP contribution is -2.19. The number of carbonyl (C=O) groups is 2. The molecule has 0 unspecified atom stereocenters. The Hall–Kier alpha value is -2.23. The summed E-state index contributed by atoms with van der Waals surface area (Å²) in [5, 5.41) is 2.72. The van der Waals surface area contributed by atoms with Gasteiger partial charge in [0.25, 0.3) is 0 Å². The van der Waals surface area contributed by atoms with Crippen LogP contribution in [-0.2, 0) is 4.79 Å². The number of ketones is 1. The van der Waals surface area contributed by atoms with Gasteiger partial charge in [-0.25, -0.2) is 4.39 Å². The number of anilines is 1. The van der Waals surface area contributed by atoms with E-state index in [1.165, 1.54) is 6.07 Å². The van der Waals surface area contributed by atoms with Gasteiger partial charge in [0.15, 0.2) is 5.67 Å². The number of amides is 1. The predicted molar refractivity (Wildman–Crippen MR) is 86.7 cm³/mol. The van der Waals surface area contributed by atoms with Crippen molar-refractivity contribution in [2.75, 3.05) is 18.4 Å². The van der Waals surface area contributed by atoms with E-state index in [0.29, 0.717) is 30.6 Å². The highest BCUT2D eigenvalue weighted by atomic mass is 19.1. The van der Waals surface area contributed by atoms with E-state index in [-0.39, 0.29) is 30.9 Å². The first kappa shape index (κ1) is 17.1. The minimum Gasteiger partial charge on any atom is -0.330 e. The number of hydrogen-bond donors (Lipinski definition) is 3. The molecule has 0 spiro atoms. The molecule has 0 saturated heterocycles. The standard InChI is InChI=1S/C17H20FN3O2/c18-17(7-8-17)16(23)14-6-5-13(11-12(14)3-1-9-19)21-15(22)4-2-10-20/h5-6,11H,2,4,7-10,19-20H2,(H,21,22). The number of carbonyl (C=O) groups excluding carboxylic acids is 2. The molecule has 23 heavy (non-hydrogen) atoms. The Labute approximate surface area is 134 Å². The molecule has 1 fully saturated rings. The molecule has 0 radical (unpaired) electrons. The molecule has 1 aliphatic carbocycles. The summed E-state index contributed by atoms with van der Waals surface area (Å²) in [5.74, 6) is 4.71. The Kier molecular flexibility index (Phi) is 5.48. The molecule has 0 bridgehead atoms. The predicted octanol–water partition coefficient (Wildman–Crippen LogP) is 1.36. The summed E-state index contributed by atoms with van der Waals surface area (Å²) < 4.78 is 14.0. The third kappa shape index (κ3) is 4.38. The number of alkyl halides is 1. The van der Waals surface area contributed by atoms with Gasteiger partial charge >= 0.3 is 0 Å². The number of hydrogen-bond acceptors (Lipinski definition) is 4. The molecule has 5 N–H and O–H groups in total. The van der Waals surface area contributed by atoms with Crippen LogP contribution in [0.1, 0.15) is 41.6 Å². The van der Waals surface area contributed by atoms with Crippen molar-refractivity contribution in [3.8, 4) is 11.8 Å². The van der Waals surface area contributed by atoms with Crippen molar-refractivity contribution in [2.45, 2.75) is 31.4 Å². The maximum absolute atomic E-state index is 14.0. The van der Waals surface area contributed by atoms with Crippen molar-refractivity contribution < 1.29 is 14.0 Å². The highest BCUT2D eigenvalue weighted by Gasteiger charge is 2.51. The maximum Gasteiger partial charge on any atom is 0.224 e. The Morgan fingerprint density at radius 1 is 1.30 bits per heavy atom. The third-order valence-corrected chi connectivity index (χ3v) is 3.58. The Bertz CT molecular complexity index is 672. The molecule has 0 aliphatic heterocycles. The van der Waals surface area contributed by atoms with E-state index in [1.54, 1.807) is 12.1 Å². The van der Waals surface area contributed by atoms with Crippen LogP contribution in [0.15, 0.2) is 18.2 Å². The van der Waals surface area contributed by atoms with Crippen LogP contribution in [0, 0.1) is 11.8 Å². The molecule has 2 rings (SSSR count). The van der Waals surface area contributed by atoms with Crippen molar-refractivity contribution in [3.63, 3.8) is 0 Å². The first-order valence-electron chi connectivity index (χ1n) is 7.57. The van der Waals surface area contributed by atoms with Crippen molar-refractivity contribution in [1.82, 2.24) is 0 Å². The topological polar surface area (TPSA) is 98.2 Å². The molecule has 6 heteroatoms. The maximum atomic E-state index is 14.0. The number of Topliss-reactive ketones (excluding diaryl/α,β-unsaturated/α-hetero) is 1. The number of rotatable bonds is 6. The number of nitrogens with two attached hydrogens (primary N) is 2. The van der Waals surface area contributed by atoms with Gasteiger partial charge in [0, 0.05) is 23.2 Å². The van der Waals surface area contributed by atoms with Gasteiger partial charge in [0.2, 0.25) is 11.7 Å². The molecular formula is C17H20FN3O2. The Morgan fingerprint density at radius 2 is 2.04 bits per heavy atom. The summed E-state index contributed by atoms with van der Waals surface area (Å²) in [6, 6.07) is 4.65. The summed E-state index contributed by atoms with van der Waals surface area (Å²) in [5.41, 5.74) is 10.1. The summed E-state index contributed by atoms with van der Waals surface area (Å²) in [7, 11) is 0. The highest BCUT2D eigenvalue weighted by molar-refractivity contribution is 6.06. The Morgan fingerprint density at radius 3 is 2.65 bits per heavy atom. The Balaban J connectivity index is 2.24. The van der Waals surface area contributed by atoms with Gasteiger partial charge in [-0.2, -0.15) is 0 Å². The van der Waals surface area contributed by atoms with Crippen LogP contribution in [0.5, 0.6) is 0 Å². The quantitative estimate of drug-likeness (QED) is 0.545. The van der Waals surface area contributed by atoms with Crippen molar-refractivity contribution in [3.05, 3.63) is 29.3 Å². The van der Waals surface area contributed by atoms with Crippen LogP contribution < -0.4 is 16.8 Å². The SMILES string of the molecule is NCC#Cc1cc(NC(=O)CCCN)ccc1C(=O)C1(F)CC1. The second kappa shape index (κ2) is 7.36. The van der Waals surface area contributed by atoms with Gasteiger partial charge in [-0.1, -0.05) is 11.8 Å². The normalized spacial score (nSPS) is 14.6. The molecule has 0 aromatic heterocycles. The summed E-state index contributed by atoms with van der Waals surface area (Å²) in [6.07, 6.45) is 1.39. The molecule has 1 aromatic rings. The van der Waals surface area contributed by atoms with E-state index in [0.717, 1.165) is 0 Å². The third-order valence-electron chi connectivity index (χ3n) is 3.58. The van der Waals surface area contributed by atoms with Gasteiger partial charge in [-0.15, -0.1) is 0 Å². The first-order chi connectivity index (χ1) is 11.0. The smallest absolute Gasteiger partial charge is 0.224 e. The second-order valence-electron chi connectivity index (χ2n) is 5.50. The first-order valence-corrected chi connectivity index (χ1v) is 7.57. The fourth-order valence-corrected chi connectivity index (χ4v) is 2.13. The van der Waals surface area contributed by atoms with Gasteiger partial charge in [-0.05, 0) is 44.0 Å². The van der Waals surface area contributed by atoms with E-state index < -0.39 is 11.5 Å². The van der Waals surface area contributed by atoms with Gasteiger partial charge in [0.05, 0.1) is 6.54 Å². The van der Waals surface area contributed by atoms with Crippen molar-refractivity contribution >= 4 is 17.4 Å². The number of nitrogens with one attached hydrogen (secondary N) is 1. The van der Waals surface area contributed by atoms with E-state index in [9.17, 15) is 14.0 Å². The molecule has 0 atom stereocenters. The number of benzene rings is 1. The average Bonchev–Trinajstić information content (AvgIpc) is 3.29. The van der Waals surface area contributed by atoms with Crippen molar-refractivity contribution in [1.29, 1.82) is 0 Å². The molecule has 122 valence electrons. The second-order valence-corrected chi connectivity index (χ2v) is 5.50. The van der Waals surface area contributed by atoms with E-state index in [2.05, 4.69) is 17.2 Å². The van der Waals surface area contributed by atoms with Crippen LogP contribution in [-0.4, -0.2) is 30.4 Å². The zero-order chi connectivity index (χ0) is 16.9. The zero-order valence-electron chi connectivity index (χ0n) is 12.8. The van der Waals surface area contributed by atoms with E-state index in [1.807, 2.05) is 0 Å². The minimum absolute atomic E-state index is 0.126. The van der Waals surface area contributed by atoms with Crippen LogP contribution in [0.2, 0.25) is 0 Å². The lowest BCUT2D eigenvalue weighted by atomic mass is 9.99. The van der Waals surface area contributed by atoms with Crippen molar-refractivity contribution in [2.24, 2.45) is 11.5 Å². The fraction of sp³-hybridized carbons (Fsp3) is 0.412. The van der Waals surface area contributed by atoms with Crippen LogP contribution in [0.4, 0.5) is 10.1 Å². The minimum atomic E-state index is -1.76. The monoisotopic (exact) mass is 317 g/mol. The molecule has 0 heterocycles. The van der Waals surface area contributed by atoms with E-state index >= 15 is 0 Å². The van der Waals surface area contributed by atoms with Crippen LogP contribution in [0.3, 0.4) is 0 Å².